The third kappa shape index (κ3) is 5.11. The van der Waals surface area contributed by atoms with E-state index in [1.807, 2.05) is 12.1 Å². The van der Waals surface area contributed by atoms with Crippen LogP contribution >= 0.6 is 11.6 Å². The van der Waals surface area contributed by atoms with Crippen LogP contribution in [0.15, 0.2) is 59.1 Å². The summed E-state index contributed by atoms with van der Waals surface area (Å²) in [4.78, 5) is 16.2. The van der Waals surface area contributed by atoms with E-state index in [1.165, 1.54) is 11.8 Å². The smallest absolute Gasteiger partial charge is 0.292 e. The van der Waals surface area contributed by atoms with Crippen LogP contribution < -0.4 is 10.1 Å². The number of rotatable bonds is 5. The first-order valence-electron chi connectivity index (χ1n) is 8.56. The molecule has 27 heavy (non-hydrogen) atoms. The van der Waals surface area contributed by atoms with E-state index in [0.717, 1.165) is 5.75 Å². The molecule has 0 atom stereocenters. The molecule has 0 aliphatic heterocycles. The van der Waals surface area contributed by atoms with E-state index in [-0.39, 0.29) is 23.7 Å². The van der Waals surface area contributed by atoms with Gasteiger partial charge in [0.1, 0.15) is 23.9 Å². The molecule has 0 radical (unpaired) electrons. The second-order valence-corrected chi connectivity index (χ2v) is 7.58. The van der Waals surface area contributed by atoms with Gasteiger partial charge in [0.25, 0.3) is 5.91 Å². The van der Waals surface area contributed by atoms with E-state index in [9.17, 15) is 4.79 Å². The van der Waals surface area contributed by atoms with Crippen LogP contribution in [0.1, 0.15) is 42.6 Å². The Morgan fingerprint density at radius 3 is 2.48 bits per heavy atom. The molecule has 1 amide bonds. The quantitative estimate of drug-likeness (QED) is 0.634. The van der Waals surface area contributed by atoms with Gasteiger partial charge in [-0.15, -0.1) is 0 Å². The predicted molar refractivity (Wildman–Crippen MR) is 105 cm³/mol. The highest BCUT2D eigenvalue weighted by Crippen LogP contribution is 2.24. The van der Waals surface area contributed by atoms with Gasteiger partial charge in [-0.2, -0.15) is 0 Å². The Hall–Kier alpha value is -2.79. The van der Waals surface area contributed by atoms with Crippen molar-refractivity contribution in [1.29, 1.82) is 0 Å². The summed E-state index contributed by atoms with van der Waals surface area (Å²) in [5.41, 5.74) is 1.34. The molecule has 0 unspecified atom stereocenters. The lowest BCUT2D eigenvalue weighted by Crippen LogP contribution is -2.11. The van der Waals surface area contributed by atoms with Crippen LogP contribution in [0.5, 0.6) is 5.75 Å². The summed E-state index contributed by atoms with van der Waals surface area (Å²) in [7, 11) is 0. The minimum Gasteiger partial charge on any atom is -0.486 e. The molecule has 0 spiro atoms. The summed E-state index contributed by atoms with van der Waals surface area (Å²) in [5.74, 6) is 1.51. The van der Waals surface area contributed by atoms with Crippen molar-refractivity contribution in [2.45, 2.75) is 32.8 Å². The van der Waals surface area contributed by atoms with E-state index >= 15 is 0 Å². The molecule has 0 saturated heterocycles. The highest BCUT2D eigenvalue weighted by Gasteiger charge is 2.14. The maximum Gasteiger partial charge on any atom is 0.292 e. The molecule has 6 heteroatoms. The summed E-state index contributed by atoms with van der Waals surface area (Å²) >= 11 is 5.78. The van der Waals surface area contributed by atoms with E-state index < -0.39 is 0 Å². The summed E-state index contributed by atoms with van der Waals surface area (Å²) in [6.45, 7) is 6.73. The van der Waals surface area contributed by atoms with E-state index in [1.54, 1.807) is 24.3 Å². The molecule has 2 aromatic heterocycles. The highest BCUT2D eigenvalue weighted by molar-refractivity contribution is 6.30. The van der Waals surface area contributed by atoms with E-state index in [4.69, 9.17) is 20.8 Å². The Morgan fingerprint density at radius 1 is 1.11 bits per heavy atom. The van der Waals surface area contributed by atoms with Crippen molar-refractivity contribution in [2.75, 3.05) is 5.32 Å². The Bertz CT molecular complexity index is 910. The average molecular weight is 385 g/mol. The van der Waals surface area contributed by atoms with Crippen LogP contribution in [0.3, 0.4) is 0 Å². The number of carbonyl (C=O) groups is 1. The molecule has 3 aromatic rings. The third-order valence-corrected chi connectivity index (χ3v) is 4.18. The zero-order valence-corrected chi connectivity index (χ0v) is 16.2. The SMILES string of the molecule is CC(C)(C)c1ccc(OCc2ccc(C(=O)Nc3ccc(Cl)cn3)o2)cc1. The van der Waals surface area contributed by atoms with Gasteiger partial charge in [0.15, 0.2) is 5.76 Å². The number of furan rings is 1. The fourth-order valence-corrected chi connectivity index (χ4v) is 2.52. The Labute approximate surface area is 163 Å². The maximum absolute atomic E-state index is 12.2. The fourth-order valence-electron chi connectivity index (χ4n) is 2.41. The van der Waals surface area contributed by atoms with E-state index in [0.29, 0.717) is 16.6 Å². The molecular formula is C21H21ClN2O3. The summed E-state index contributed by atoms with van der Waals surface area (Å²) in [6.07, 6.45) is 1.46. The lowest BCUT2D eigenvalue weighted by molar-refractivity contribution is 0.0992. The Balaban J connectivity index is 1.57. The van der Waals surface area contributed by atoms with Crippen LogP contribution in [-0.2, 0) is 12.0 Å². The van der Waals surface area contributed by atoms with Gasteiger partial charge >= 0.3 is 0 Å². The zero-order chi connectivity index (χ0) is 19.4. The van der Waals surface area contributed by atoms with Gasteiger partial charge in [-0.25, -0.2) is 4.98 Å². The molecule has 1 aromatic carbocycles. The topological polar surface area (TPSA) is 64.4 Å². The Morgan fingerprint density at radius 2 is 1.85 bits per heavy atom. The van der Waals surface area contributed by atoms with Gasteiger partial charge in [-0.3, -0.25) is 4.79 Å². The molecule has 0 fully saturated rings. The monoisotopic (exact) mass is 384 g/mol. The van der Waals surface area contributed by atoms with Crippen LogP contribution in [0.4, 0.5) is 5.82 Å². The van der Waals surface area contributed by atoms with E-state index in [2.05, 4.69) is 43.2 Å². The molecule has 140 valence electrons. The fraction of sp³-hybridized carbons (Fsp3) is 0.238. The molecular weight excluding hydrogens is 364 g/mol. The minimum atomic E-state index is -0.384. The first-order chi connectivity index (χ1) is 12.8. The van der Waals surface area contributed by atoms with Gasteiger partial charge in [0, 0.05) is 6.20 Å². The van der Waals surface area contributed by atoms with Crippen molar-refractivity contribution >= 4 is 23.3 Å². The first kappa shape index (κ1) is 19.0. The number of ether oxygens (including phenoxy) is 1. The summed E-state index contributed by atoms with van der Waals surface area (Å²) < 4.78 is 11.3. The number of anilines is 1. The van der Waals surface area contributed by atoms with Gasteiger partial charge in [0.2, 0.25) is 0 Å². The summed E-state index contributed by atoms with van der Waals surface area (Å²) in [5, 5.41) is 3.15. The molecule has 5 nitrogen and oxygen atoms in total. The van der Waals surface area contributed by atoms with Gasteiger partial charge in [0.05, 0.1) is 5.02 Å². The molecule has 2 heterocycles. The third-order valence-electron chi connectivity index (χ3n) is 3.96. The van der Waals surface area contributed by atoms with Crippen LogP contribution in [0.2, 0.25) is 5.02 Å². The molecule has 0 saturated carbocycles. The number of hydrogen-bond acceptors (Lipinski definition) is 4. The maximum atomic E-state index is 12.2. The van der Waals surface area contributed by atoms with Crippen molar-refractivity contribution < 1.29 is 13.9 Å². The molecule has 0 bridgehead atoms. The molecule has 0 aliphatic carbocycles. The predicted octanol–water partition coefficient (Wildman–Crippen LogP) is 5.46. The van der Waals surface area contributed by atoms with Gasteiger partial charge in [-0.1, -0.05) is 44.5 Å². The van der Waals surface area contributed by atoms with Crippen molar-refractivity contribution in [2.24, 2.45) is 0 Å². The average Bonchev–Trinajstić information content (AvgIpc) is 3.11. The second kappa shape index (κ2) is 7.84. The Kier molecular flexibility index (Phi) is 5.51. The summed E-state index contributed by atoms with van der Waals surface area (Å²) in [6, 6.07) is 14.6. The normalized spacial score (nSPS) is 11.3. The van der Waals surface area contributed by atoms with Gasteiger partial charge in [-0.05, 0) is 47.4 Å². The van der Waals surface area contributed by atoms with Crippen LogP contribution in [-0.4, -0.2) is 10.9 Å². The number of hydrogen-bond donors (Lipinski definition) is 1. The number of pyridine rings is 1. The van der Waals surface area contributed by atoms with Crippen molar-refractivity contribution in [3.63, 3.8) is 0 Å². The second-order valence-electron chi connectivity index (χ2n) is 7.14. The molecule has 0 aliphatic rings. The number of carbonyl (C=O) groups excluding carboxylic acids is 1. The first-order valence-corrected chi connectivity index (χ1v) is 8.94. The van der Waals surface area contributed by atoms with Crippen molar-refractivity contribution in [1.82, 2.24) is 4.98 Å². The highest BCUT2D eigenvalue weighted by atomic mass is 35.5. The molecule has 3 rings (SSSR count). The van der Waals surface area contributed by atoms with Crippen LogP contribution in [0.25, 0.3) is 0 Å². The molecule has 1 N–H and O–H groups in total. The number of amides is 1. The minimum absolute atomic E-state index is 0.0980. The van der Waals surface area contributed by atoms with Gasteiger partial charge < -0.3 is 14.5 Å². The number of nitrogens with one attached hydrogen (secondary N) is 1. The van der Waals surface area contributed by atoms with Crippen molar-refractivity contribution in [3.05, 3.63) is 76.8 Å². The van der Waals surface area contributed by atoms with Crippen LogP contribution in [0, 0.1) is 0 Å². The number of aromatic nitrogens is 1. The largest absolute Gasteiger partial charge is 0.486 e. The van der Waals surface area contributed by atoms with Crippen molar-refractivity contribution in [3.8, 4) is 5.75 Å². The number of halogens is 1. The number of benzene rings is 1. The lowest BCUT2D eigenvalue weighted by atomic mass is 9.87. The standard InChI is InChI=1S/C21H21ClN2O3/c1-21(2,3)14-4-7-16(8-5-14)26-13-17-9-10-18(27-17)20(25)24-19-11-6-15(22)12-23-19/h4-12H,13H2,1-3H3,(H,23,24,25). The lowest BCUT2D eigenvalue weighted by Gasteiger charge is -2.19. The zero-order valence-electron chi connectivity index (χ0n) is 15.5. The number of nitrogens with zero attached hydrogens (tertiary/aromatic N) is 1.